The molecule has 17 heavy (non-hydrogen) atoms. The molecule has 1 aliphatic rings. The molecule has 0 bridgehead atoms. The van der Waals surface area contributed by atoms with Crippen molar-refractivity contribution in [1.82, 2.24) is 15.1 Å². The first-order valence-corrected chi connectivity index (χ1v) is 6.63. The molecule has 1 heterocycles. The Balaban J connectivity index is 1.97. The molecule has 2 rings (SSSR count). The fraction of sp³-hybridized carbons (Fsp3) is 0.727. The highest BCUT2D eigenvalue weighted by atomic mass is 79.9. The maximum atomic E-state index is 10.2. The van der Waals surface area contributed by atoms with Gasteiger partial charge in [-0.1, -0.05) is 0 Å². The number of nitrogens with zero attached hydrogens (tertiary/aromatic N) is 2. The van der Waals surface area contributed by atoms with Crippen molar-refractivity contribution >= 4 is 15.9 Å². The normalized spacial score (nSPS) is 17.4. The minimum Gasteiger partial charge on any atom is -0.385 e. The third-order valence-electron chi connectivity index (χ3n) is 2.83. The van der Waals surface area contributed by atoms with Crippen LogP contribution in [0.25, 0.3) is 0 Å². The molecule has 0 radical (unpaired) electrons. The van der Waals surface area contributed by atoms with Crippen LogP contribution in [-0.4, -0.2) is 41.2 Å². The Morgan fingerprint density at radius 3 is 3.12 bits per heavy atom. The van der Waals surface area contributed by atoms with Gasteiger partial charge in [0.05, 0.1) is 29.5 Å². The van der Waals surface area contributed by atoms with Crippen LogP contribution in [0.15, 0.2) is 10.7 Å². The van der Waals surface area contributed by atoms with E-state index in [0.29, 0.717) is 25.7 Å². The van der Waals surface area contributed by atoms with Crippen LogP contribution in [0.2, 0.25) is 0 Å². The highest BCUT2D eigenvalue weighted by Crippen LogP contribution is 2.24. The van der Waals surface area contributed by atoms with Crippen LogP contribution in [-0.2, 0) is 11.3 Å². The lowest BCUT2D eigenvalue weighted by atomic mass is 10.2. The molecule has 6 heteroatoms. The number of aliphatic hydroxyl groups excluding tert-OH is 1. The van der Waals surface area contributed by atoms with Crippen molar-refractivity contribution in [3.8, 4) is 0 Å². The van der Waals surface area contributed by atoms with Crippen LogP contribution in [0.3, 0.4) is 0 Å². The molecule has 2 N–H and O–H groups in total. The van der Waals surface area contributed by atoms with Crippen LogP contribution in [0.5, 0.6) is 0 Å². The summed E-state index contributed by atoms with van der Waals surface area (Å²) in [4.78, 5) is 0. The molecule has 1 aromatic heterocycles. The van der Waals surface area contributed by atoms with E-state index in [-0.39, 0.29) is 0 Å². The quantitative estimate of drug-likeness (QED) is 0.791. The van der Waals surface area contributed by atoms with Gasteiger partial charge in [-0.05, 0) is 28.8 Å². The van der Waals surface area contributed by atoms with Gasteiger partial charge in [0.15, 0.2) is 0 Å². The first kappa shape index (κ1) is 13.0. The summed E-state index contributed by atoms with van der Waals surface area (Å²) in [6, 6.07) is 0.596. The Kier molecular flexibility index (Phi) is 4.55. The Hall–Kier alpha value is -0.430. The Bertz CT molecular complexity index is 366. The largest absolute Gasteiger partial charge is 0.385 e. The lowest BCUT2D eigenvalue weighted by Gasteiger charge is -2.14. The van der Waals surface area contributed by atoms with E-state index < -0.39 is 6.10 Å². The molecule has 1 unspecified atom stereocenters. The standard InChI is InChI=1S/C11H18BrN3O2/c1-17-5-4-15-11(9(12)6-14-15)10(16)7-13-8-2-3-8/h6,8,10,13,16H,2-5,7H2,1H3. The summed E-state index contributed by atoms with van der Waals surface area (Å²) in [6.07, 6.45) is 3.61. The number of hydrogen-bond donors (Lipinski definition) is 2. The van der Waals surface area contributed by atoms with Gasteiger partial charge in [0.1, 0.15) is 6.10 Å². The number of methoxy groups -OCH3 is 1. The fourth-order valence-corrected chi connectivity index (χ4v) is 2.28. The summed E-state index contributed by atoms with van der Waals surface area (Å²) in [7, 11) is 1.66. The van der Waals surface area contributed by atoms with Crippen molar-refractivity contribution in [3.63, 3.8) is 0 Å². The zero-order valence-corrected chi connectivity index (χ0v) is 11.5. The summed E-state index contributed by atoms with van der Waals surface area (Å²) in [5, 5.41) is 17.7. The van der Waals surface area contributed by atoms with Crippen LogP contribution in [0.1, 0.15) is 24.6 Å². The topological polar surface area (TPSA) is 59.3 Å². The molecule has 0 aliphatic heterocycles. The van der Waals surface area contributed by atoms with Crippen LogP contribution in [0.4, 0.5) is 0 Å². The molecule has 96 valence electrons. The zero-order valence-electron chi connectivity index (χ0n) is 9.90. The molecule has 1 aliphatic carbocycles. The molecular formula is C11H18BrN3O2. The van der Waals surface area contributed by atoms with Gasteiger partial charge in [0.25, 0.3) is 0 Å². The van der Waals surface area contributed by atoms with Crippen LogP contribution in [0, 0.1) is 0 Å². The molecule has 0 spiro atoms. The number of nitrogens with one attached hydrogen (secondary N) is 1. The van der Waals surface area contributed by atoms with Crippen molar-refractivity contribution in [1.29, 1.82) is 0 Å². The lowest BCUT2D eigenvalue weighted by Crippen LogP contribution is -2.25. The average Bonchev–Trinajstić information content (AvgIpc) is 3.07. The fourth-order valence-electron chi connectivity index (χ4n) is 1.72. The monoisotopic (exact) mass is 303 g/mol. The first-order chi connectivity index (χ1) is 8.22. The van der Waals surface area contributed by atoms with E-state index in [9.17, 15) is 5.11 Å². The van der Waals surface area contributed by atoms with Crippen molar-refractivity contribution in [2.24, 2.45) is 0 Å². The van der Waals surface area contributed by atoms with E-state index in [1.807, 2.05) is 0 Å². The summed E-state index contributed by atoms with van der Waals surface area (Å²) >= 11 is 3.42. The molecule has 1 fully saturated rings. The van der Waals surface area contributed by atoms with Gasteiger partial charge in [-0.3, -0.25) is 4.68 Å². The molecule has 0 saturated heterocycles. The maximum Gasteiger partial charge on any atom is 0.109 e. The van der Waals surface area contributed by atoms with Gasteiger partial charge in [0, 0.05) is 19.7 Å². The summed E-state index contributed by atoms with van der Waals surface area (Å²) in [5.41, 5.74) is 0.815. The minimum atomic E-state index is -0.538. The lowest BCUT2D eigenvalue weighted by molar-refractivity contribution is 0.150. The Morgan fingerprint density at radius 1 is 1.71 bits per heavy atom. The predicted octanol–water partition coefficient (Wildman–Crippen LogP) is 1.08. The number of hydrogen-bond acceptors (Lipinski definition) is 4. The second-order valence-electron chi connectivity index (χ2n) is 4.29. The molecule has 1 aromatic rings. The van der Waals surface area contributed by atoms with Crippen LogP contribution >= 0.6 is 15.9 Å². The van der Waals surface area contributed by atoms with Crippen molar-refractivity contribution in [2.45, 2.75) is 31.5 Å². The minimum absolute atomic E-state index is 0.538. The number of ether oxygens (including phenoxy) is 1. The van der Waals surface area contributed by atoms with E-state index in [1.165, 1.54) is 12.8 Å². The number of aliphatic hydroxyl groups is 1. The number of aromatic nitrogens is 2. The maximum absolute atomic E-state index is 10.2. The van der Waals surface area contributed by atoms with Crippen molar-refractivity contribution < 1.29 is 9.84 Å². The SMILES string of the molecule is COCCn1ncc(Br)c1C(O)CNC1CC1. The van der Waals surface area contributed by atoms with E-state index in [0.717, 1.165) is 10.2 Å². The highest BCUT2D eigenvalue weighted by Gasteiger charge is 2.24. The molecule has 1 atom stereocenters. The molecule has 0 amide bonds. The third kappa shape index (κ3) is 3.51. The molecule has 5 nitrogen and oxygen atoms in total. The van der Waals surface area contributed by atoms with E-state index in [4.69, 9.17) is 4.74 Å². The summed E-state index contributed by atoms with van der Waals surface area (Å²) < 4.78 is 7.66. The van der Waals surface area contributed by atoms with Gasteiger partial charge in [-0.2, -0.15) is 5.10 Å². The zero-order chi connectivity index (χ0) is 12.3. The predicted molar refractivity (Wildman–Crippen MR) is 67.8 cm³/mol. The number of rotatable bonds is 7. The van der Waals surface area contributed by atoms with E-state index >= 15 is 0 Å². The second-order valence-corrected chi connectivity index (χ2v) is 5.15. The first-order valence-electron chi connectivity index (χ1n) is 5.84. The third-order valence-corrected chi connectivity index (χ3v) is 3.44. The summed E-state index contributed by atoms with van der Waals surface area (Å²) in [5.74, 6) is 0. The van der Waals surface area contributed by atoms with Crippen LogP contribution < -0.4 is 5.32 Å². The smallest absolute Gasteiger partial charge is 0.109 e. The second kappa shape index (κ2) is 5.95. The van der Waals surface area contributed by atoms with Gasteiger partial charge in [0.2, 0.25) is 0 Å². The van der Waals surface area contributed by atoms with Gasteiger partial charge in [-0.15, -0.1) is 0 Å². The van der Waals surface area contributed by atoms with Crippen molar-refractivity contribution in [3.05, 3.63) is 16.4 Å². The van der Waals surface area contributed by atoms with Gasteiger partial charge in [-0.25, -0.2) is 0 Å². The highest BCUT2D eigenvalue weighted by molar-refractivity contribution is 9.10. The van der Waals surface area contributed by atoms with E-state index in [1.54, 1.807) is 18.0 Å². The average molecular weight is 304 g/mol. The van der Waals surface area contributed by atoms with Gasteiger partial charge >= 0.3 is 0 Å². The molecule has 0 aromatic carbocycles. The Labute approximate surface area is 109 Å². The van der Waals surface area contributed by atoms with Crippen molar-refractivity contribution in [2.75, 3.05) is 20.3 Å². The molecular weight excluding hydrogens is 286 g/mol. The molecule has 1 saturated carbocycles. The summed E-state index contributed by atoms with van der Waals surface area (Å²) in [6.45, 7) is 1.81. The number of halogens is 1. The Morgan fingerprint density at radius 2 is 2.47 bits per heavy atom. The van der Waals surface area contributed by atoms with Gasteiger partial charge < -0.3 is 15.2 Å². The van der Waals surface area contributed by atoms with E-state index in [2.05, 4.69) is 26.3 Å².